The van der Waals surface area contributed by atoms with Crippen LogP contribution in [0.15, 0.2) is 9.59 Å². The molecule has 0 saturated carbocycles. The third-order valence-corrected chi connectivity index (χ3v) is 2.58. The second-order valence-electron chi connectivity index (χ2n) is 4.03. The molecule has 5 nitrogen and oxygen atoms in total. The van der Waals surface area contributed by atoms with Gasteiger partial charge in [-0.1, -0.05) is 11.6 Å². The molecular formula is C10H15ClFN3O2. The Morgan fingerprint density at radius 3 is 2.59 bits per heavy atom. The van der Waals surface area contributed by atoms with E-state index in [-0.39, 0.29) is 6.54 Å². The maximum atomic E-state index is 13.2. The van der Waals surface area contributed by atoms with Crippen molar-refractivity contribution in [2.75, 3.05) is 20.6 Å². The Bertz CT molecular complexity index is 495. The van der Waals surface area contributed by atoms with E-state index in [9.17, 15) is 14.0 Å². The SMILES string of the molecule is CN(C)CCCCn1c(=O)[nH]c(Cl)c(F)c1=O. The molecule has 0 atom stereocenters. The Kier molecular flexibility index (Phi) is 4.89. The van der Waals surface area contributed by atoms with Gasteiger partial charge in [0.1, 0.15) is 0 Å². The quantitative estimate of drug-likeness (QED) is 0.628. The molecule has 0 aliphatic carbocycles. The number of nitrogens with zero attached hydrogens (tertiary/aromatic N) is 2. The lowest BCUT2D eigenvalue weighted by Gasteiger charge is -2.09. The fourth-order valence-electron chi connectivity index (χ4n) is 1.42. The van der Waals surface area contributed by atoms with E-state index in [0.717, 1.165) is 17.5 Å². The number of unbranched alkanes of at least 4 members (excludes halogenated alkanes) is 1. The molecule has 0 aromatic carbocycles. The summed E-state index contributed by atoms with van der Waals surface area (Å²) in [6.07, 6.45) is 1.45. The average molecular weight is 264 g/mol. The fraction of sp³-hybridized carbons (Fsp3) is 0.600. The van der Waals surface area contributed by atoms with Gasteiger partial charge in [0, 0.05) is 6.54 Å². The molecule has 7 heteroatoms. The van der Waals surface area contributed by atoms with Crippen LogP contribution in [0.3, 0.4) is 0 Å². The number of hydrogen-bond donors (Lipinski definition) is 1. The van der Waals surface area contributed by atoms with Gasteiger partial charge >= 0.3 is 5.69 Å². The molecule has 0 fully saturated rings. The van der Waals surface area contributed by atoms with Crippen LogP contribution >= 0.6 is 11.6 Å². The number of nitrogens with one attached hydrogen (secondary N) is 1. The van der Waals surface area contributed by atoms with Gasteiger partial charge in [-0.3, -0.25) is 14.3 Å². The average Bonchev–Trinajstić information content (AvgIpc) is 2.24. The van der Waals surface area contributed by atoms with Crippen molar-refractivity contribution in [1.82, 2.24) is 14.5 Å². The first-order valence-electron chi connectivity index (χ1n) is 5.26. The molecule has 0 aliphatic heterocycles. The van der Waals surface area contributed by atoms with Crippen LogP contribution in [0.4, 0.5) is 4.39 Å². The van der Waals surface area contributed by atoms with Crippen molar-refractivity contribution in [3.05, 3.63) is 31.8 Å². The monoisotopic (exact) mass is 263 g/mol. The van der Waals surface area contributed by atoms with E-state index in [4.69, 9.17) is 11.6 Å². The van der Waals surface area contributed by atoms with Crippen molar-refractivity contribution >= 4 is 11.6 Å². The molecule has 1 aromatic heterocycles. The minimum absolute atomic E-state index is 0.191. The number of H-pyrrole nitrogens is 1. The third kappa shape index (κ3) is 3.67. The van der Waals surface area contributed by atoms with Crippen LogP contribution in [0.1, 0.15) is 12.8 Å². The van der Waals surface area contributed by atoms with Crippen LogP contribution in [-0.4, -0.2) is 35.1 Å². The van der Waals surface area contributed by atoms with Gasteiger partial charge in [0.05, 0.1) is 0 Å². The first-order chi connectivity index (χ1) is 7.93. The molecule has 96 valence electrons. The smallest absolute Gasteiger partial charge is 0.309 e. The molecule has 0 amide bonds. The number of aromatic nitrogens is 2. The van der Waals surface area contributed by atoms with E-state index in [1.165, 1.54) is 0 Å². The molecule has 1 aromatic rings. The molecule has 1 N–H and O–H groups in total. The van der Waals surface area contributed by atoms with E-state index in [1.54, 1.807) is 0 Å². The molecule has 0 bridgehead atoms. The molecule has 17 heavy (non-hydrogen) atoms. The van der Waals surface area contributed by atoms with Crippen LogP contribution in [0.2, 0.25) is 5.15 Å². The zero-order valence-corrected chi connectivity index (χ0v) is 10.6. The van der Waals surface area contributed by atoms with Crippen molar-refractivity contribution in [1.29, 1.82) is 0 Å². The predicted molar refractivity (Wildman–Crippen MR) is 64.1 cm³/mol. The van der Waals surface area contributed by atoms with Gasteiger partial charge in [0.25, 0.3) is 5.56 Å². The minimum Gasteiger partial charge on any atom is -0.309 e. The molecular weight excluding hydrogens is 249 g/mol. The number of hydrogen-bond acceptors (Lipinski definition) is 3. The maximum Gasteiger partial charge on any atom is 0.329 e. The number of rotatable bonds is 5. The molecule has 0 radical (unpaired) electrons. The molecule has 0 spiro atoms. The molecule has 0 saturated heterocycles. The van der Waals surface area contributed by atoms with Crippen molar-refractivity contribution in [2.24, 2.45) is 0 Å². The first kappa shape index (κ1) is 13.9. The lowest BCUT2D eigenvalue weighted by molar-refractivity contribution is 0.384. The second kappa shape index (κ2) is 5.97. The van der Waals surface area contributed by atoms with E-state index < -0.39 is 22.2 Å². The Balaban J connectivity index is 2.76. The first-order valence-corrected chi connectivity index (χ1v) is 5.64. The molecule has 0 unspecified atom stereocenters. The largest absolute Gasteiger partial charge is 0.329 e. The summed E-state index contributed by atoms with van der Waals surface area (Å²) in [5.74, 6) is -1.11. The Morgan fingerprint density at radius 2 is 2.00 bits per heavy atom. The zero-order chi connectivity index (χ0) is 13.0. The van der Waals surface area contributed by atoms with E-state index in [1.807, 2.05) is 19.0 Å². The second-order valence-corrected chi connectivity index (χ2v) is 4.40. The normalized spacial score (nSPS) is 11.1. The highest BCUT2D eigenvalue weighted by atomic mass is 35.5. The van der Waals surface area contributed by atoms with Crippen molar-refractivity contribution < 1.29 is 4.39 Å². The van der Waals surface area contributed by atoms with Gasteiger partial charge in [0.2, 0.25) is 5.82 Å². The highest BCUT2D eigenvalue weighted by Gasteiger charge is 2.11. The van der Waals surface area contributed by atoms with Crippen LogP contribution < -0.4 is 11.2 Å². The van der Waals surface area contributed by atoms with Gasteiger partial charge < -0.3 is 4.90 Å². The number of aromatic amines is 1. The van der Waals surface area contributed by atoms with Gasteiger partial charge in [-0.15, -0.1) is 0 Å². The van der Waals surface area contributed by atoms with Gasteiger partial charge in [-0.05, 0) is 33.5 Å². The van der Waals surface area contributed by atoms with Crippen LogP contribution in [0.25, 0.3) is 0 Å². The van der Waals surface area contributed by atoms with Gasteiger partial charge in [0.15, 0.2) is 5.15 Å². The van der Waals surface area contributed by atoms with E-state index in [2.05, 4.69) is 4.98 Å². The summed E-state index contributed by atoms with van der Waals surface area (Å²) in [5.41, 5.74) is -1.64. The fourth-order valence-corrected chi connectivity index (χ4v) is 1.58. The summed E-state index contributed by atoms with van der Waals surface area (Å²) >= 11 is 5.34. The molecule has 1 heterocycles. The third-order valence-electron chi connectivity index (χ3n) is 2.32. The summed E-state index contributed by atoms with van der Waals surface area (Å²) in [6, 6.07) is 0. The molecule has 0 aliphatic rings. The standard InChI is InChI=1S/C10H15ClFN3O2/c1-14(2)5-3-4-6-15-9(16)7(12)8(11)13-10(15)17/h3-6H2,1-2H3,(H,13,17). The van der Waals surface area contributed by atoms with Crippen molar-refractivity contribution in [3.63, 3.8) is 0 Å². The highest BCUT2D eigenvalue weighted by Crippen LogP contribution is 2.02. The Hall–Kier alpha value is -1.14. The minimum atomic E-state index is -1.11. The van der Waals surface area contributed by atoms with Crippen molar-refractivity contribution in [3.8, 4) is 0 Å². The summed E-state index contributed by atoms with van der Waals surface area (Å²) in [6.45, 7) is 1.04. The van der Waals surface area contributed by atoms with E-state index in [0.29, 0.717) is 6.42 Å². The lowest BCUT2D eigenvalue weighted by atomic mass is 10.3. The van der Waals surface area contributed by atoms with Gasteiger partial charge in [-0.25, -0.2) is 4.79 Å². The Morgan fingerprint density at radius 1 is 1.35 bits per heavy atom. The summed E-state index contributed by atoms with van der Waals surface area (Å²) in [7, 11) is 3.86. The van der Waals surface area contributed by atoms with Gasteiger partial charge in [-0.2, -0.15) is 4.39 Å². The predicted octanol–water partition coefficient (Wildman–Crippen LogP) is 0.671. The summed E-state index contributed by atoms with van der Waals surface area (Å²) in [4.78, 5) is 26.9. The Labute approximate surface area is 103 Å². The number of halogens is 2. The zero-order valence-electron chi connectivity index (χ0n) is 9.80. The topological polar surface area (TPSA) is 58.1 Å². The van der Waals surface area contributed by atoms with Crippen LogP contribution in [-0.2, 0) is 6.54 Å². The van der Waals surface area contributed by atoms with Crippen LogP contribution in [0, 0.1) is 5.82 Å². The highest BCUT2D eigenvalue weighted by molar-refractivity contribution is 6.29. The summed E-state index contributed by atoms with van der Waals surface area (Å²) < 4.78 is 14.0. The van der Waals surface area contributed by atoms with Crippen LogP contribution in [0.5, 0.6) is 0 Å². The van der Waals surface area contributed by atoms with E-state index >= 15 is 0 Å². The molecule has 1 rings (SSSR count). The van der Waals surface area contributed by atoms with Crippen molar-refractivity contribution in [2.45, 2.75) is 19.4 Å². The lowest BCUT2D eigenvalue weighted by Crippen LogP contribution is -2.37. The maximum absolute atomic E-state index is 13.2. The summed E-state index contributed by atoms with van der Waals surface area (Å²) in [5, 5.41) is -0.537.